The number of rotatable bonds is 6. The Hall–Kier alpha value is -2.28. The summed E-state index contributed by atoms with van der Waals surface area (Å²) in [5, 5.41) is 12.4. The summed E-state index contributed by atoms with van der Waals surface area (Å²) >= 11 is 1.39. The van der Waals surface area contributed by atoms with Gasteiger partial charge in [0.15, 0.2) is 0 Å². The molecule has 3 rings (SSSR count). The first-order valence-electron chi connectivity index (χ1n) is 6.87. The Balaban J connectivity index is 1.55. The average Bonchev–Trinajstić information content (AvgIpc) is 3.17. The van der Waals surface area contributed by atoms with Crippen LogP contribution in [0, 0.1) is 0 Å². The summed E-state index contributed by atoms with van der Waals surface area (Å²) in [5.41, 5.74) is 1.97. The first kappa shape index (κ1) is 13.7. The first-order chi connectivity index (χ1) is 10.3. The maximum absolute atomic E-state index is 4.36. The van der Waals surface area contributed by atoms with E-state index in [1.807, 2.05) is 48.1 Å². The number of benzene rings is 1. The molecule has 7 heteroatoms. The molecule has 0 amide bonds. The van der Waals surface area contributed by atoms with Crippen LogP contribution in [0.2, 0.25) is 0 Å². The lowest BCUT2D eigenvalue weighted by Crippen LogP contribution is -2.10. The number of nitrogens with zero attached hydrogens (tertiary/aromatic N) is 5. The Kier molecular flexibility index (Phi) is 4.20. The van der Waals surface area contributed by atoms with Crippen LogP contribution in [-0.2, 0) is 13.0 Å². The van der Waals surface area contributed by atoms with Crippen LogP contribution < -0.4 is 5.32 Å². The quantitative estimate of drug-likeness (QED) is 0.757. The minimum atomic E-state index is 0.737. The number of aromatic nitrogens is 5. The van der Waals surface area contributed by atoms with Crippen molar-refractivity contribution in [1.29, 1.82) is 0 Å². The van der Waals surface area contributed by atoms with E-state index in [0.29, 0.717) is 0 Å². The fourth-order valence-corrected chi connectivity index (χ4v) is 2.57. The molecule has 0 saturated heterocycles. The summed E-state index contributed by atoms with van der Waals surface area (Å²) in [6, 6.07) is 10.0. The van der Waals surface area contributed by atoms with Crippen LogP contribution in [0.3, 0.4) is 0 Å². The maximum atomic E-state index is 4.36. The molecule has 0 radical (unpaired) electrons. The molecule has 1 aromatic carbocycles. The molecular formula is C14H16N6S. The highest BCUT2D eigenvalue weighted by Gasteiger charge is 2.04. The predicted molar refractivity (Wildman–Crippen MR) is 83.2 cm³/mol. The third kappa shape index (κ3) is 3.43. The molecule has 0 spiro atoms. The van der Waals surface area contributed by atoms with Gasteiger partial charge in [-0.25, -0.2) is 4.98 Å². The van der Waals surface area contributed by atoms with Gasteiger partial charge in [0.1, 0.15) is 11.5 Å². The van der Waals surface area contributed by atoms with E-state index in [4.69, 9.17) is 0 Å². The lowest BCUT2D eigenvalue weighted by atomic mass is 10.2. The molecule has 0 bridgehead atoms. The van der Waals surface area contributed by atoms with E-state index in [0.717, 1.165) is 41.7 Å². The van der Waals surface area contributed by atoms with Crippen LogP contribution in [0.25, 0.3) is 11.3 Å². The number of hydrogen-bond acceptors (Lipinski definition) is 6. The molecule has 3 aromatic rings. The third-order valence-corrected chi connectivity index (χ3v) is 3.72. The Labute approximate surface area is 127 Å². The Bertz CT molecular complexity index is 690. The molecular weight excluding hydrogens is 284 g/mol. The maximum Gasteiger partial charge on any atom is 0.202 e. The molecule has 0 fully saturated rings. The van der Waals surface area contributed by atoms with E-state index >= 15 is 0 Å². The monoisotopic (exact) mass is 300 g/mol. The Morgan fingerprint density at radius 3 is 2.86 bits per heavy atom. The normalized spacial score (nSPS) is 10.7. The molecule has 6 nitrogen and oxygen atoms in total. The van der Waals surface area contributed by atoms with Gasteiger partial charge in [0, 0.05) is 30.1 Å². The highest BCUT2D eigenvalue weighted by Crippen LogP contribution is 2.15. The summed E-state index contributed by atoms with van der Waals surface area (Å²) in [6.45, 7) is 3.53. The van der Waals surface area contributed by atoms with Gasteiger partial charge >= 0.3 is 0 Å². The van der Waals surface area contributed by atoms with E-state index in [1.165, 1.54) is 11.5 Å². The Morgan fingerprint density at radius 1 is 1.24 bits per heavy atom. The summed E-state index contributed by atoms with van der Waals surface area (Å²) in [5.74, 6) is 0.884. The van der Waals surface area contributed by atoms with Crippen molar-refractivity contribution in [2.24, 2.45) is 0 Å². The second-order valence-electron chi connectivity index (χ2n) is 4.53. The number of nitrogens with one attached hydrogen (secondary N) is 1. The number of aryl methyl sites for hydroxylation is 1. The van der Waals surface area contributed by atoms with Crippen molar-refractivity contribution in [3.63, 3.8) is 0 Å². The van der Waals surface area contributed by atoms with Crippen LogP contribution in [0.4, 0.5) is 5.13 Å². The SMILES string of the molecule is CCc1nsc(NCCn2cc(-c3ccccc3)nn2)n1. The zero-order valence-corrected chi connectivity index (χ0v) is 12.5. The Morgan fingerprint density at radius 2 is 2.10 bits per heavy atom. The molecule has 0 aliphatic carbocycles. The smallest absolute Gasteiger partial charge is 0.202 e. The van der Waals surface area contributed by atoms with Crippen LogP contribution >= 0.6 is 11.5 Å². The van der Waals surface area contributed by atoms with Gasteiger partial charge < -0.3 is 5.32 Å². The third-order valence-electron chi connectivity index (χ3n) is 3.01. The van der Waals surface area contributed by atoms with Crippen LogP contribution in [0.15, 0.2) is 36.5 Å². The van der Waals surface area contributed by atoms with E-state index in [-0.39, 0.29) is 0 Å². The molecule has 0 unspecified atom stereocenters. The lowest BCUT2D eigenvalue weighted by Gasteiger charge is -2.01. The molecule has 108 valence electrons. The van der Waals surface area contributed by atoms with Gasteiger partial charge in [-0.1, -0.05) is 42.5 Å². The van der Waals surface area contributed by atoms with Gasteiger partial charge in [0.2, 0.25) is 5.13 Å². The number of anilines is 1. The molecule has 1 N–H and O–H groups in total. The molecule has 2 heterocycles. The molecule has 2 aromatic heterocycles. The molecule has 0 aliphatic rings. The van der Waals surface area contributed by atoms with Crippen molar-refractivity contribution < 1.29 is 0 Å². The van der Waals surface area contributed by atoms with Gasteiger partial charge in [-0.05, 0) is 0 Å². The van der Waals surface area contributed by atoms with Crippen molar-refractivity contribution in [2.75, 3.05) is 11.9 Å². The fourth-order valence-electron chi connectivity index (χ4n) is 1.90. The van der Waals surface area contributed by atoms with Gasteiger partial charge in [-0.3, -0.25) is 4.68 Å². The van der Waals surface area contributed by atoms with Crippen molar-refractivity contribution in [3.8, 4) is 11.3 Å². The minimum Gasteiger partial charge on any atom is -0.358 e. The summed E-state index contributed by atoms with van der Waals surface area (Å²) in [6.07, 6.45) is 2.82. The van der Waals surface area contributed by atoms with Gasteiger partial charge in [-0.2, -0.15) is 4.37 Å². The molecule has 0 atom stereocenters. The van der Waals surface area contributed by atoms with Gasteiger partial charge in [0.05, 0.1) is 12.7 Å². The standard InChI is InChI=1S/C14H16N6S/c1-2-13-16-14(21-18-13)15-8-9-20-10-12(17-19-20)11-6-4-3-5-7-11/h3-7,10H,2,8-9H2,1H3,(H,15,16,18). The zero-order chi connectivity index (χ0) is 14.5. The van der Waals surface area contributed by atoms with E-state index < -0.39 is 0 Å². The van der Waals surface area contributed by atoms with Crippen LogP contribution in [-0.4, -0.2) is 30.9 Å². The topological polar surface area (TPSA) is 68.5 Å². The minimum absolute atomic E-state index is 0.737. The second-order valence-corrected chi connectivity index (χ2v) is 5.28. The van der Waals surface area contributed by atoms with Gasteiger partial charge in [-0.15, -0.1) is 5.10 Å². The highest BCUT2D eigenvalue weighted by molar-refractivity contribution is 7.09. The molecule has 0 saturated carbocycles. The molecule has 21 heavy (non-hydrogen) atoms. The van der Waals surface area contributed by atoms with E-state index in [2.05, 4.69) is 25.0 Å². The van der Waals surface area contributed by atoms with E-state index in [9.17, 15) is 0 Å². The van der Waals surface area contributed by atoms with Crippen molar-refractivity contribution in [3.05, 3.63) is 42.4 Å². The largest absolute Gasteiger partial charge is 0.358 e. The van der Waals surface area contributed by atoms with Crippen LogP contribution in [0.5, 0.6) is 0 Å². The van der Waals surface area contributed by atoms with Crippen molar-refractivity contribution >= 4 is 16.7 Å². The van der Waals surface area contributed by atoms with E-state index in [1.54, 1.807) is 0 Å². The predicted octanol–water partition coefficient (Wildman–Crippen LogP) is 2.47. The summed E-state index contributed by atoms with van der Waals surface area (Å²) in [7, 11) is 0. The average molecular weight is 300 g/mol. The number of hydrogen-bond donors (Lipinski definition) is 1. The zero-order valence-electron chi connectivity index (χ0n) is 11.7. The highest BCUT2D eigenvalue weighted by atomic mass is 32.1. The fraction of sp³-hybridized carbons (Fsp3) is 0.286. The van der Waals surface area contributed by atoms with Gasteiger partial charge in [0.25, 0.3) is 0 Å². The first-order valence-corrected chi connectivity index (χ1v) is 7.64. The summed E-state index contributed by atoms with van der Waals surface area (Å²) < 4.78 is 6.07. The van der Waals surface area contributed by atoms with Crippen molar-refractivity contribution in [1.82, 2.24) is 24.4 Å². The van der Waals surface area contributed by atoms with Crippen molar-refractivity contribution in [2.45, 2.75) is 19.9 Å². The lowest BCUT2D eigenvalue weighted by molar-refractivity contribution is 0.608. The summed E-state index contributed by atoms with van der Waals surface area (Å²) in [4.78, 5) is 4.36. The van der Waals surface area contributed by atoms with Crippen LogP contribution in [0.1, 0.15) is 12.7 Å². The second kappa shape index (κ2) is 6.45. The molecule has 0 aliphatic heterocycles.